The van der Waals surface area contributed by atoms with E-state index in [1.165, 1.54) is 0 Å². The molecule has 0 amide bonds. The Balaban J connectivity index is 1.49. The number of carbonyl (C=O) groups excluding carboxylic acids is 1. The summed E-state index contributed by atoms with van der Waals surface area (Å²) in [7, 11) is 2.05. The van der Waals surface area contributed by atoms with Crippen LogP contribution in [0.15, 0.2) is 24.4 Å². The molecular weight excluding hydrogens is 393 g/mol. The van der Waals surface area contributed by atoms with Crippen LogP contribution in [-0.2, 0) is 4.79 Å². The first-order valence-corrected chi connectivity index (χ1v) is 11.5. The van der Waals surface area contributed by atoms with E-state index in [9.17, 15) is 14.3 Å². The highest BCUT2D eigenvalue weighted by Crippen LogP contribution is 2.35. The van der Waals surface area contributed by atoms with Crippen LogP contribution in [0.4, 0.5) is 10.1 Å². The van der Waals surface area contributed by atoms with Crippen molar-refractivity contribution in [2.75, 3.05) is 38.1 Å². The van der Waals surface area contributed by atoms with E-state index in [-0.39, 0.29) is 23.9 Å². The normalized spacial score (nSPS) is 24.5. The van der Waals surface area contributed by atoms with Crippen molar-refractivity contribution in [1.82, 2.24) is 9.88 Å². The van der Waals surface area contributed by atoms with Gasteiger partial charge in [0, 0.05) is 61.9 Å². The summed E-state index contributed by atoms with van der Waals surface area (Å²) in [6, 6.07) is 5.51. The molecule has 5 nitrogen and oxygen atoms in total. The monoisotopic (exact) mass is 427 g/mol. The van der Waals surface area contributed by atoms with E-state index in [1.807, 2.05) is 19.2 Å². The molecule has 0 bridgehead atoms. The largest absolute Gasteiger partial charge is 0.389 e. The van der Waals surface area contributed by atoms with Crippen molar-refractivity contribution in [3.05, 3.63) is 35.8 Å². The van der Waals surface area contributed by atoms with E-state index in [4.69, 9.17) is 0 Å². The molecule has 2 aliphatic rings. The lowest BCUT2D eigenvalue weighted by Gasteiger charge is -2.39. The fourth-order valence-corrected chi connectivity index (χ4v) is 5.39. The molecule has 2 fully saturated rings. The number of hydrogen-bond donors (Lipinski definition) is 1. The van der Waals surface area contributed by atoms with E-state index in [1.54, 1.807) is 19.2 Å². The van der Waals surface area contributed by atoms with Crippen LogP contribution < -0.4 is 4.90 Å². The molecule has 0 aliphatic carbocycles. The molecule has 0 unspecified atom stereocenters. The summed E-state index contributed by atoms with van der Waals surface area (Å²) in [5.41, 5.74) is 1.28. The van der Waals surface area contributed by atoms with Crippen molar-refractivity contribution in [1.29, 1.82) is 0 Å². The first-order valence-electron chi connectivity index (χ1n) is 11.5. The van der Waals surface area contributed by atoms with Crippen molar-refractivity contribution in [3.63, 3.8) is 0 Å². The zero-order valence-corrected chi connectivity index (χ0v) is 18.9. The molecule has 0 saturated carbocycles. The average molecular weight is 428 g/mol. The molecule has 0 radical (unpaired) electrons. The Labute approximate surface area is 184 Å². The van der Waals surface area contributed by atoms with E-state index in [0.29, 0.717) is 36.3 Å². The number of benzene rings is 1. The van der Waals surface area contributed by atoms with Crippen LogP contribution in [0.5, 0.6) is 0 Å². The summed E-state index contributed by atoms with van der Waals surface area (Å²) in [6.07, 6.45) is 4.72. The molecule has 31 heavy (non-hydrogen) atoms. The summed E-state index contributed by atoms with van der Waals surface area (Å²) in [6.45, 7) is 7.19. The van der Waals surface area contributed by atoms with Gasteiger partial charge in [0.25, 0.3) is 0 Å². The molecule has 0 spiro atoms. The molecular formula is C25H34FN3O2. The molecule has 168 valence electrons. The summed E-state index contributed by atoms with van der Waals surface area (Å²) < 4.78 is 14.6. The quantitative estimate of drug-likeness (QED) is 0.783. The maximum absolute atomic E-state index is 14.6. The van der Waals surface area contributed by atoms with Crippen LogP contribution in [-0.4, -0.2) is 59.6 Å². The van der Waals surface area contributed by atoms with Gasteiger partial charge in [-0.3, -0.25) is 9.78 Å². The second kappa shape index (κ2) is 8.83. The first kappa shape index (κ1) is 22.2. The standard InChI is InChI=1S/C25H34FN3O2/c1-17-11-19(12-20(30)14-25(31)6-9-28(3)10-7-25)16-29(15-17)23-13-22(26)18(2)24-21(23)5-4-8-27-24/h4-5,8,13,17,19,31H,6-7,9-12,14-16H2,1-3H3/t17-,19-/m0/s1. The summed E-state index contributed by atoms with van der Waals surface area (Å²) >= 11 is 0. The number of pyridine rings is 1. The van der Waals surface area contributed by atoms with Crippen molar-refractivity contribution < 1.29 is 14.3 Å². The van der Waals surface area contributed by atoms with Crippen molar-refractivity contribution in [2.24, 2.45) is 11.8 Å². The number of carbonyl (C=O) groups is 1. The second-order valence-corrected chi connectivity index (χ2v) is 9.96. The van der Waals surface area contributed by atoms with Crippen LogP contribution in [0.3, 0.4) is 0 Å². The van der Waals surface area contributed by atoms with Gasteiger partial charge in [-0.05, 0) is 63.3 Å². The number of fused-ring (bicyclic) bond motifs is 1. The minimum Gasteiger partial charge on any atom is -0.389 e. The minimum absolute atomic E-state index is 0.146. The van der Waals surface area contributed by atoms with Crippen LogP contribution in [0.1, 0.15) is 44.6 Å². The van der Waals surface area contributed by atoms with E-state index >= 15 is 0 Å². The first-order chi connectivity index (χ1) is 14.7. The van der Waals surface area contributed by atoms with Crippen molar-refractivity contribution in [2.45, 2.75) is 51.6 Å². The van der Waals surface area contributed by atoms with Gasteiger partial charge in [0.15, 0.2) is 0 Å². The number of anilines is 1. The van der Waals surface area contributed by atoms with Gasteiger partial charge in [-0.2, -0.15) is 0 Å². The van der Waals surface area contributed by atoms with Crippen LogP contribution in [0, 0.1) is 24.6 Å². The van der Waals surface area contributed by atoms with Crippen molar-refractivity contribution in [3.8, 4) is 0 Å². The fraction of sp³-hybridized carbons (Fsp3) is 0.600. The smallest absolute Gasteiger partial charge is 0.136 e. The molecule has 6 heteroatoms. The predicted octanol–water partition coefficient (Wildman–Crippen LogP) is 3.95. The molecule has 1 aromatic heterocycles. The van der Waals surface area contributed by atoms with E-state index in [2.05, 4.69) is 21.7 Å². The van der Waals surface area contributed by atoms with Crippen LogP contribution in [0.25, 0.3) is 10.9 Å². The molecule has 2 atom stereocenters. The lowest BCUT2D eigenvalue weighted by atomic mass is 9.82. The zero-order valence-electron chi connectivity index (χ0n) is 18.9. The minimum atomic E-state index is -0.856. The van der Waals surface area contributed by atoms with Gasteiger partial charge >= 0.3 is 0 Å². The number of aliphatic hydroxyl groups is 1. The molecule has 3 heterocycles. The van der Waals surface area contributed by atoms with Crippen LogP contribution in [0.2, 0.25) is 0 Å². The SMILES string of the molecule is Cc1c(F)cc(N2C[C@@H](C)C[C@@H](CC(=O)CC3(O)CCN(C)CC3)C2)c2cccnc12. The third-order valence-electron chi connectivity index (χ3n) is 7.11. The third-order valence-corrected chi connectivity index (χ3v) is 7.11. The van der Waals surface area contributed by atoms with E-state index in [0.717, 1.165) is 43.7 Å². The summed E-state index contributed by atoms with van der Waals surface area (Å²) in [4.78, 5) is 21.7. The number of Topliss-reactive ketones (excluding diaryl/α,β-unsaturated/α-hetero) is 1. The van der Waals surface area contributed by atoms with E-state index < -0.39 is 5.60 Å². The number of aryl methyl sites for hydroxylation is 1. The van der Waals surface area contributed by atoms with Gasteiger partial charge in [-0.1, -0.05) is 6.92 Å². The molecule has 1 aromatic carbocycles. The Morgan fingerprint density at radius 1 is 1.32 bits per heavy atom. The van der Waals surface area contributed by atoms with Gasteiger partial charge in [-0.15, -0.1) is 0 Å². The lowest BCUT2D eigenvalue weighted by Crippen LogP contribution is -2.45. The number of rotatable bonds is 5. The predicted molar refractivity (Wildman–Crippen MR) is 122 cm³/mol. The maximum atomic E-state index is 14.6. The highest BCUT2D eigenvalue weighted by Gasteiger charge is 2.35. The fourth-order valence-electron chi connectivity index (χ4n) is 5.39. The number of aromatic nitrogens is 1. The number of halogens is 1. The number of nitrogens with zero attached hydrogens (tertiary/aromatic N) is 3. The Bertz CT molecular complexity index is 955. The highest BCUT2D eigenvalue weighted by molar-refractivity contribution is 5.94. The molecule has 2 saturated heterocycles. The number of likely N-dealkylation sites (tertiary alicyclic amines) is 1. The molecule has 2 aromatic rings. The third kappa shape index (κ3) is 4.90. The van der Waals surface area contributed by atoms with Gasteiger partial charge in [0.1, 0.15) is 11.6 Å². The van der Waals surface area contributed by atoms with Gasteiger partial charge in [0.2, 0.25) is 0 Å². The molecule has 1 N–H and O–H groups in total. The lowest BCUT2D eigenvalue weighted by molar-refractivity contribution is -0.127. The zero-order chi connectivity index (χ0) is 22.2. The number of piperidine rings is 2. The van der Waals surface area contributed by atoms with Gasteiger partial charge in [-0.25, -0.2) is 4.39 Å². The topological polar surface area (TPSA) is 56.7 Å². The van der Waals surface area contributed by atoms with Crippen LogP contribution >= 0.6 is 0 Å². The summed E-state index contributed by atoms with van der Waals surface area (Å²) in [5.74, 6) is 0.528. The average Bonchev–Trinajstić information content (AvgIpc) is 2.72. The maximum Gasteiger partial charge on any atom is 0.136 e. The number of ketones is 1. The highest BCUT2D eigenvalue weighted by atomic mass is 19.1. The van der Waals surface area contributed by atoms with Gasteiger partial charge in [0.05, 0.1) is 11.1 Å². The molecule has 4 rings (SSSR count). The Hall–Kier alpha value is -2.05. The number of hydrogen-bond acceptors (Lipinski definition) is 5. The second-order valence-electron chi connectivity index (χ2n) is 9.96. The Morgan fingerprint density at radius 3 is 2.81 bits per heavy atom. The van der Waals surface area contributed by atoms with Gasteiger partial charge < -0.3 is 14.9 Å². The Kier molecular flexibility index (Phi) is 6.31. The van der Waals surface area contributed by atoms with Crippen molar-refractivity contribution >= 4 is 22.4 Å². The Morgan fingerprint density at radius 2 is 2.06 bits per heavy atom. The molecule has 2 aliphatic heterocycles. The summed E-state index contributed by atoms with van der Waals surface area (Å²) in [5, 5.41) is 11.8.